The first kappa shape index (κ1) is 18.2. The van der Waals surface area contributed by atoms with Gasteiger partial charge >= 0.3 is 6.09 Å². The van der Waals surface area contributed by atoms with Crippen molar-refractivity contribution in [2.45, 2.75) is 51.6 Å². The van der Waals surface area contributed by atoms with E-state index in [0.29, 0.717) is 18.3 Å². The Kier molecular flexibility index (Phi) is 4.62. The van der Waals surface area contributed by atoms with E-state index in [0.717, 1.165) is 11.3 Å². The van der Waals surface area contributed by atoms with E-state index in [-0.39, 0.29) is 11.4 Å². The van der Waals surface area contributed by atoms with Crippen molar-refractivity contribution in [1.82, 2.24) is 24.7 Å². The van der Waals surface area contributed by atoms with Gasteiger partial charge in [0.15, 0.2) is 0 Å². The molecule has 4 rings (SSSR count). The molecule has 1 amide bonds. The Morgan fingerprint density at radius 2 is 2.07 bits per heavy atom. The molecule has 0 aliphatic heterocycles. The number of aromatic nitrogens is 4. The fourth-order valence-corrected chi connectivity index (χ4v) is 2.90. The zero-order chi connectivity index (χ0) is 19.7. The molecular formula is C20H24N6O2. The number of carbonyl (C=O) groups is 1. The quantitative estimate of drug-likeness (QED) is 0.704. The minimum Gasteiger partial charge on any atom is -0.391 e. The van der Waals surface area contributed by atoms with Gasteiger partial charge in [0.05, 0.1) is 12.2 Å². The second-order valence-corrected chi connectivity index (χ2v) is 8.09. The first-order valence-corrected chi connectivity index (χ1v) is 9.39. The highest BCUT2D eigenvalue weighted by Crippen LogP contribution is 2.39. The van der Waals surface area contributed by atoms with Crippen LogP contribution in [0.5, 0.6) is 5.88 Å². The van der Waals surface area contributed by atoms with E-state index in [1.54, 1.807) is 6.07 Å². The molecule has 3 heterocycles. The molecule has 28 heavy (non-hydrogen) atoms. The summed E-state index contributed by atoms with van der Waals surface area (Å²) in [5, 5.41) is 5.92. The summed E-state index contributed by atoms with van der Waals surface area (Å²) < 4.78 is 7.28. The maximum Gasteiger partial charge on any atom is 0.414 e. The zero-order valence-corrected chi connectivity index (χ0v) is 16.3. The lowest BCUT2D eigenvalue weighted by molar-refractivity contribution is 0.189. The highest BCUT2D eigenvalue weighted by atomic mass is 16.6. The van der Waals surface area contributed by atoms with E-state index in [1.807, 2.05) is 27.0 Å². The lowest BCUT2D eigenvalue weighted by Crippen LogP contribution is -2.42. The van der Waals surface area contributed by atoms with E-state index in [9.17, 15) is 4.79 Å². The van der Waals surface area contributed by atoms with Crippen LogP contribution in [0.2, 0.25) is 0 Å². The molecule has 8 heteroatoms. The molecular weight excluding hydrogens is 356 g/mol. The van der Waals surface area contributed by atoms with Gasteiger partial charge in [0.2, 0.25) is 5.88 Å². The minimum absolute atomic E-state index is 0.184. The molecule has 0 aromatic carbocycles. The average molecular weight is 380 g/mol. The predicted molar refractivity (Wildman–Crippen MR) is 105 cm³/mol. The zero-order valence-electron chi connectivity index (χ0n) is 16.3. The summed E-state index contributed by atoms with van der Waals surface area (Å²) in [6, 6.07) is 5.80. The third kappa shape index (κ3) is 4.57. The summed E-state index contributed by atoms with van der Waals surface area (Å²) >= 11 is 0. The van der Waals surface area contributed by atoms with Gasteiger partial charge in [-0.1, -0.05) is 6.07 Å². The second kappa shape index (κ2) is 7.10. The van der Waals surface area contributed by atoms with E-state index in [4.69, 9.17) is 4.74 Å². The number of pyridine rings is 1. The third-order valence-electron chi connectivity index (χ3n) is 4.34. The van der Waals surface area contributed by atoms with E-state index >= 15 is 0 Å². The molecule has 0 spiro atoms. The molecule has 3 aromatic rings. The number of nitrogens with zero attached hydrogens (tertiary/aromatic N) is 4. The number of fused-ring (bicyclic) bond motifs is 1. The van der Waals surface area contributed by atoms with Gasteiger partial charge in [-0.25, -0.2) is 19.7 Å². The molecule has 1 aliphatic carbocycles. The molecule has 1 saturated carbocycles. The van der Waals surface area contributed by atoms with E-state index < -0.39 is 6.09 Å². The lowest BCUT2D eigenvalue weighted by Gasteiger charge is -2.19. The molecule has 3 aromatic heterocycles. The topological polar surface area (TPSA) is 93.4 Å². The number of imidazole rings is 1. The summed E-state index contributed by atoms with van der Waals surface area (Å²) in [5.74, 6) is 1.45. The smallest absolute Gasteiger partial charge is 0.391 e. The van der Waals surface area contributed by atoms with Gasteiger partial charge in [0.25, 0.3) is 0 Å². The molecule has 0 bridgehead atoms. The number of hydrogen-bond acceptors (Lipinski definition) is 6. The van der Waals surface area contributed by atoms with Crippen molar-refractivity contribution in [3.05, 3.63) is 48.2 Å². The number of hydrogen-bond donors (Lipinski definition) is 2. The van der Waals surface area contributed by atoms with Crippen molar-refractivity contribution in [2.24, 2.45) is 0 Å². The van der Waals surface area contributed by atoms with Crippen molar-refractivity contribution in [3.8, 4) is 5.88 Å². The van der Waals surface area contributed by atoms with Crippen LogP contribution in [0.1, 0.15) is 50.8 Å². The summed E-state index contributed by atoms with van der Waals surface area (Å²) in [5.41, 5.74) is 2.81. The number of carbonyl (C=O) groups excluding carboxylic acids is 1. The predicted octanol–water partition coefficient (Wildman–Crippen LogP) is 3.50. The van der Waals surface area contributed by atoms with Gasteiger partial charge in [-0.15, -0.1) is 0 Å². The normalized spacial score (nSPS) is 14.1. The molecule has 0 radical (unpaired) electrons. The highest BCUT2D eigenvalue weighted by molar-refractivity contribution is 5.70. The number of nitrogens with one attached hydrogen (secondary N) is 2. The number of rotatable bonds is 5. The highest BCUT2D eigenvalue weighted by Gasteiger charge is 2.23. The van der Waals surface area contributed by atoms with Gasteiger partial charge < -0.3 is 19.8 Å². The minimum atomic E-state index is -0.552. The molecule has 146 valence electrons. The van der Waals surface area contributed by atoms with Crippen LogP contribution in [-0.4, -0.2) is 31.0 Å². The van der Waals surface area contributed by atoms with Crippen molar-refractivity contribution in [1.29, 1.82) is 0 Å². The van der Waals surface area contributed by atoms with Crippen LogP contribution in [0, 0.1) is 0 Å². The Morgan fingerprint density at radius 3 is 2.82 bits per heavy atom. The first-order chi connectivity index (χ1) is 13.4. The Labute approximate surface area is 163 Å². The second-order valence-electron chi connectivity index (χ2n) is 8.09. The van der Waals surface area contributed by atoms with Crippen molar-refractivity contribution in [3.63, 3.8) is 0 Å². The SMILES string of the molecule is CC(C)(C)NC(=O)Oc1cc(NCc2cn3cc(C4CC4)ccc3n2)ncn1. The lowest BCUT2D eigenvalue weighted by atomic mass is 10.1. The van der Waals surface area contributed by atoms with Crippen LogP contribution in [0.25, 0.3) is 5.65 Å². The molecule has 1 aliphatic rings. The maximum absolute atomic E-state index is 11.9. The van der Waals surface area contributed by atoms with Gasteiger partial charge in [-0.05, 0) is 51.2 Å². The Hall–Kier alpha value is -3.16. The van der Waals surface area contributed by atoms with Crippen LogP contribution in [-0.2, 0) is 6.54 Å². The van der Waals surface area contributed by atoms with Crippen LogP contribution >= 0.6 is 0 Å². The Balaban J connectivity index is 1.39. The van der Waals surface area contributed by atoms with Crippen LogP contribution in [0.3, 0.4) is 0 Å². The average Bonchev–Trinajstić information content (AvgIpc) is 3.38. The third-order valence-corrected chi connectivity index (χ3v) is 4.34. The fraction of sp³-hybridized carbons (Fsp3) is 0.400. The largest absolute Gasteiger partial charge is 0.414 e. The summed E-state index contributed by atoms with van der Waals surface area (Å²) in [6.07, 6.45) is 7.54. The molecule has 0 unspecified atom stereocenters. The van der Waals surface area contributed by atoms with Crippen molar-refractivity contribution in [2.75, 3.05) is 5.32 Å². The number of anilines is 1. The molecule has 2 N–H and O–H groups in total. The van der Waals surface area contributed by atoms with Crippen LogP contribution in [0.15, 0.2) is 36.9 Å². The van der Waals surface area contributed by atoms with Crippen molar-refractivity contribution < 1.29 is 9.53 Å². The number of amides is 1. The van der Waals surface area contributed by atoms with Gasteiger partial charge in [-0.3, -0.25) is 0 Å². The molecule has 1 fully saturated rings. The molecule has 8 nitrogen and oxygen atoms in total. The van der Waals surface area contributed by atoms with Crippen molar-refractivity contribution >= 4 is 17.6 Å². The van der Waals surface area contributed by atoms with Gasteiger partial charge in [-0.2, -0.15) is 0 Å². The number of ether oxygens (including phenoxy) is 1. The van der Waals surface area contributed by atoms with Gasteiger partial charge in [0, 0.05) is 24.0 Å². The Bertz CT molecular complexity index is 1000. The summed E-state index contributed by atoms with van der Waals surface area (Å²) in [7, 11) is 0. The Morgan fingerprint density at radius 1 is 1.25 bits per heavy atom. The molecule has 0 saturated heterocycles. The first-order valence-electron chi connectivity index (χ1n) is 9.39. The van der Waals surface area contributed by atoms with Crippen LogP contribution in [0.4, 0.5) is 10.6 Å². The van der Waals surface area contributed by atoms with Crippen LogP contribution < -0.4 is 15.4 Å². The van der Waals surface area contributed by atoms with E-state index in [1.165, 1.54) is 24.7 Å². The monoisotopic (exact) mass is 380 g/mol. The molecule has 0 atom stereocenters. The van der Waals surface area contributed by atoms with E-state index in [2.05, 4.69) is 48.3 Å². The fourth-order valence-electron chi connectivity index (χ4n) is 2.90. The maximum atomic E-state index is 11.9. The summed E-state index contributed by atoms with van der Waals surface area (Å²) in [6.45, 7) is 6.14. The van der Waals surface area contributed by atoms with Gasteiger partial charge in [0.1, 0.15) is 17.8 Å². The summed E-state index contributed by atoms with van der Waals surface area (Å²) in [4.78, 5) is 24.6. The standard InChI is InChI=1S/C20H24N6O2/c1-20(2,3)25-19(27)28-18-8-16(22-12-23-18)21-9-15-11-26-10-14(13-4-5-13)6-7-17(26)24-15/h6-8,10-13H,4-5,9H2,1-3H3,(H,25,27)(H,21,22,23).